The van der Waals surface area contributed by atoms with Crippen LogP contribution in [0.15, 0.2) is 6.07 Å². The molecule has 3 nitrogen and oxygen atoms in total. The van der Waals surface area contributed by atoms with Crippen molar-refractivity contribution in [3.05, 3.63) is 17.0 Å². The van der Waals surface area contributed by atoms with Gasteiger partial charge in [-0.05, 0) is 12.3 Å². The molecule has 0 aromatic carbocycles. The van der Waals surface area contributed by atoms with Gasteiger partial charge < -0.3 is 5.32 Å². The van der Waals surface area contributed by atoms with E-state index < -0.39 is 12.0 Å². The van der Waals surface area contributed by atoms with Gasteiger partial charge in [-0.3, -0.25) is 0 Å². The smallest absolute Gasteiger partial charge is 0.367 e. The highest BCUT2D eigenvalue weighted by Gasteiger charge is 2.35. The predicted octanol–water partition coefficient (Wildman–Crippen LogP) is 4.00. The Kier molecular flexibility index (Phi) is 4.78. The maximum Gasteiger partial charge on any atom is 0.451 e. The van der Waals surface area contributed by atoms with E-state index in [9.17, 15) is 13.2 Å². The first kappa shape index (κ1) is 15.0. The number of aromatic nitrogens is 2. The normalized spacial score (nSPS) is 13.8. The average molecular weight is 282 g/mol. The summed E-state index contributed by atoms with van der Waals surface area (Å²) in [6, 6.07) is 1.33. The van der Waals surface area contributed by atoms with Gasteiger partial charge in [0.1, 0.15) is 11.0 Å². The topological polar surface area (TPSA) is 37.8 Å². The van der Waals surface area contributed by atoms with Crippen molar-refractivity contribution in [2.24, 2.45) is 5.92 Å². The molecule has 1 aromatic heterocycles. The first-order valence-electron chi connectivity index (χ1n) is 5.62. The molecule has 0 radical (unpaired) electrons. The minimum atomic E-state index is -4.60. The molecule has 0 saturated carbocycles. The molecular formula is C11H15ClF3N3. The SMILES string of the molecule is CCC(Nc1cc(Cl)nc(C(F)(F)F)n1)C(C)C. The third-order valence-corrected chi connectivity index (χ3v) is 2.72. The maximum absolute atomic E-state index is 12.5. The largest absolute Gasteiger partial charge is 0.451 e. The number of halogens is 4. The molecule has 0 aliphatic heterocycles. The van der Waals surface area contributed by atoms with Crippen molar-refractivity contribution in [2.75, 3.05) is 5.32 Å². The molecule has 18 heavy (non-hydrogen) atoms. The molecule has 7 heteroatoms. The Labute approximate surface area is 109 Å². The van der Waals surface area contributed by atoms with E-state index in [0.717, 1.165) is 6.42 Å². The fourth-order valence-corrected chi connectivity index (χ4v) is 1.73. The van der Waals surface area contributed by atoms with E-state index in [1.807, 2.05) is 20.8 Å². The van der Waals surface area contributed by atoms with Crippen molar-refractivity contribution in [3.63, 3.8) is 0 Å². The fourth-order valence-electron chi connectivity index (χ4n) is 1.55. The summed E-state index contributed by atoms with van der Waals surface area (Å²) >= 11 is 5.57. The van der Waals surface area contributed by atoms with E-state index in [-0.39, 0.29) is 22.9 Å². The van der Waals surface area contributed by atoms with Crippen LogP contribution in [0.25, 0.3) is 0 Å². The van der Waals surface area contributed by atoms with Crippen molar-refractivity contribution in [3.8, 4) is 0 Å². The van der Waals surface area contributed by atoms with Gasteiger partial charge >= 0.3 is 6.18 Å². The summed E-state index contributed by atoms with van der Waals surface area (Å²) in [5.41, 5.74) is 0. The molecule has 0 amide bonds. The molecule has 1 atom stereocenters. The molecular weight excluding hydrogens is 267 g/mol. The van der Waals surface area contributed by atoms with Gasteiger partial charge in [-0.25, -0.2) is 9.97 Å². The predicted molar refractivity (Wildman–Crippen MR) is 64.6 cm³/mol. The lowest BCUT2D eigenvalue weighted by Gasteiger charge is -2.21. The number of alkyl halides is 3. The molecule has 0 aliphatic carbocycles. The van der Waals surface area contributed by atoms with Crippen molar-refractivity contribution >= 4 is 17.4 Å². The standard InChI is InChI=1S/C11H15ClF3N3/c1-4-7(6(2)3)16-9-5-8(12)17-10(18-9)11(13,14)15/h5-7H,4H2,1-3H3,(H,16,17,18). The molecule has 1 N–H and O–H groups in total. The van der Waals surface area contributed by atoms with E-state index in [1.54, 1.807) is 0 Å². The number of nitrogens with zero attached hydrogens (tertiary/aromatic N) is 2. The zero-order valence-corrected chi connectivity index (χ0v) is 11.1. The Morgan fingerprint density at radius 3 is 2.39 bits per heavy atom. The third kappa shape index (κ3) is 4.01. The summed E-state index contributed by atoms with van der Waals surface area (Å²) in [5, 5.41) is 2.72. The van der Waals surface area contributed by atoms with Gasteiger partial charge in [-0.15, -0.1) is 0 Å². The Bertz CT molecular complexity index is 407. The molecule has 0 aliphatic rings. The van der Waals surface area contributed by atoms with Crippen LogP contribution in [-0.2, 0) is 6.18 Å². The lowest BCUT2D eigenvalue weighted by atomic mass is 10.0. The summed E-state index contributed by atoms with van der Waals surface area (Å²) < 4.78 is 37.5. The highest BCUT2D eigenvalue weighted by molar-refractivity contribution is 6.29. The van der Waals surface area contributed by atoms with Gasteiger partial charge in [0, 0.05) is 12.1 Å². The van der Waals surface area contributed by atoms with Crippen LogP contribution in [0.2, 0.25) is 5.15 Å². The number of anilines is 1. The minimum absolute atomic E-state index is 0.0389. The second-order valence-electron chi connectivity index (χ2n) is 4.30. The molecule has 0 bridgehead atoms. The molecule has 1 unspecified atom stereocenters. The van der Waals surface area contributed by atoms with Gasteiger partial charge in [0.2, 0.25) is 5.82 Å². The van der Waals surface area contributed by atoms with Crippen LogP contribution in [0.3, 0.4) is 0 Å². The van der Waals surface area contributed by atoms with Gasteiger partial charge in [-0.1, -0.05) is 32.4 Å². The minimum Gasteiger partial charge on any atom is -0.367 e. The Hall–Kier alpha value is -1.04. The van der Waals surface area contributed by atoms with Gasteiger partial charge in [0.05, 0.1) is 0 Å². The number of nitrogens with one attached hydrogen (secondary N) is 1. The summed E-state index contributed by atoms with van der Waals surface area (Å²) in [6.45, 7) is 5.91. The van der Waals surface area contributed by atoms with E-state index in [1.165, 1.54) is 6.07 Å². The van der Waals surface area contributed by atoms with E-state index in [2.05, 4.69) is 15.3 Å². The van der Waals surface area contributed by atoms with Gasteiger partial charge in [-0.2, -0.15) is 13.2 Å². The quantitative estimate of drug-likeness (QED) is 0.848. The Morgan fingerprint density at radius 2 is 1.94 bits per heavy atom. The number of hydrogen-bond acceptors (Lipinski definition) is 3. The van der Waals surface area contributed by atoms with Crippen LogP contribution >= 0.6 is 11.6 Å². The van der Waals surface area contributed by atoms with Crippen molar-refractivity contribution in [1.82, 2.24) is 9.97 Å². The molecule has 1 heterocycles. The van der Waals surface area contributed by atoms with E-state index in [4.69, 9.17) is 11.6 Å². The molecule has 0 saturated heterocycles. The zero-order valence-electron chi connectivity index (χ0n) is 10.3. The highest BCUT2D eigenvalue weighted by atomic mass is 35.5. The molecule has 0 fully saturated rings. The fraction of sp³-hybridized carbons (Fsp3) is 0.636. The molecule has 102 valence electrons. The summed E-state index contributed by atoms with van der Waals surface area (Å²) in [5.74, 6) is -0.850. The number of hydrogen-bond donors (Lipinski definition) is 1. The summed E-state index contributed by atoms with van der Waals surface area (Å²) in [6.07, 6.45) is -3.82. The number of rotatable bonds is 4. The Morgan fingerprint density at radius 1 is 1.33 bits per heavy atom. The van der Waals surface area contributed by atoms with Gasteiger partial charge in [0.25, 0.3) is 0 Å². The van der Waals surface area contributed by atoms with Crippen molar-refractivity contribution in [1.29, 1.82) is 0 Å². The zero-order chi connectivity index (χ0) is 13.9. The molecule has 1 rings (SSSR count). The lowest BCUT2D eigenvalue weighted by molar-refractivity contribution is -0.144. The molecule has 0 spiro atoms. The van der Waals surface area contributed by atoms with Crippen molar-refractivity contribution in [2.45, 2.75) is 39.4 Å². The van der Waals surface area contributed by atoms with Crippen LogP contribution in [-0.4, -0.2) is 16.0 Å². The summed E-state index contributed by atoms with van der Waals surface area (Å²) in [4.78, 5) is 6.62. The third-order valence-electron chi connectivity index (χ3n) is 2.53. The second-order valence-corrected chi connectivity index (χ2v) is 4.69. The lowest BCUT2D eigenvalue weighted by Crippen LogP contribution is -2.26. The second kappa shape index (κ2) is 5.73. The average Bonchev–Trinajstić information content (AvgIpc) is 2.23. The van der Waals surface area contributed by atoms with Crippen LogP contribution in [0, 0.1) is 5.92 Å². The van der Waals surface area contributed by atoms with E-state index >= 15 is 0 Å². The first-order chi connectivity index (χ1) is 8.24. The Balaban J connectivity index is 3.00. The monoisotopic (exact) mass is 281 g/mol. The highest BCUT2D eigenvalue weighted by Crippen LogP contribution is 2.28. The van der Waals surface area contributed by atoms with Crippen LogP contribution < -0.4 is 5.32 Å². The van der Waals surface area contributed by atoms with Crippen LogP contribution in [0.5, 0.6) is 0 Å². The molecule has 1 aromatic rings. The maximum atomic E-state index is 12.5. The van der Waals surface area contributed by atoms with Crippen molar-refractivity contribution < 1.29 is 13.2 Å². The first-order valence-corrected chi connectivity index (χ1v) is 6.00. The summed E-state index contributed by atoms with van der Waals surface area (Å²) in [7, 11) is 0. The van der Waals surface area contributed by atoms with E-state index in [0.29, 0.717) is 0 Å². The van der Waals surface area contributed by atoms with Gasteiger partial charge in [0.15, 0.2) is 0 Å². The van der Waals surface area contributed by atoms with Crippen LogP contribution in [0.1, 0.15) is 33.0 Å². The van der Waals surface area contributed by atoms with Crippen LogP contribution in [0.4, 0.5) is 19.0 Å².